The molecule has 1 aromatic heterocycles. The number of fused-ring (bicyclic) bond motifs is 1. The maximum absolute atomic E-state index is 11.5. The normalized spacial score (nSPS) is 10.5. The van der Waals surface area contributed by atoms with Crippen molar-refractivity contribution in [2.24, 2.45) is 0 Å². The first-order valence-electron chi connectivity index (χ1n) is 5.45. The Bertz CT molecular complexity index is 689. The molecule has 0 aliphatic carbocycles. The smallest absolute Gasteiger partial charge is 0.355 e. The maximum atomic E-state index is 11.5. The van der Waals surface area contributed by atoms with Gasteiger partial charge in [0.15, 0.2) is 6.61 Å². The lowest BCUT2D eigenvalue weighted by Gasteiger charge is -2.07. The average Bonchev–Trinajstić information content (AvgIpc) is 2.42. The maximum Gasteiger partial charge on any atom is 0.355 e. The summed E-state index contributed by atoms with van der Waals surface area (Å²) in [6, 6.07) is 4.91. The first-order valence-corrected chi connectivity index (χ1v) is 5.83. The molecule has 5 nitrogen and oxygen atoms in total. The van der Waals surface area contributed by atoms with Crippen LogP contribution in [0, 0.1) is 6.92 Å². The summed E-state index contributed by atoms with van der Waals surface area (Å²) in [5.74, 6) is -0.0865. The van der Waals surface area contributed by atoms with Gasteiger partial charge in [-0.3, -0.25) is 0 Å². The van der Waals surface area contributed by atoms with Crippen LogP contribution >= 0.6 is 11.6 Å². The van der Waals surface area contributed by atoms with Crippen molar-refractivity contribution < 1.29 is 18.7 Å². The van der Waals surface area contributed by atoms with Crippen LogP contribution < -0.4 is 10.4 Å². The lowest BCUT2D eigenvalue weighted by molar-refractivity contribution is -0.142. The Morgan fingerprint density at radius 1 is 1.42 bits per heavy atom. The van der Waals surface area contributed by atoms with Crippen molar-refractivity contribution in [3.05, 3.63) is 39.2 Å². The molecule has 0 atom stereocenters. The van der Waals surface area contributed by atoms with E-state index >= 15 is 0 Å². The van der Waals surface area contributed by atoms with Crippen molar-refractivity contribution in [2.45, 2.75) is 6.92 Å². The van der Waals surface area contributed by atoms with Crippen molar-refractivity contribution in [2.75, 3.05) is 13.7 Å². The highest BCUT2D eigenvalue weighted by Crippen LogP contribution is 2.25. The van der Waals surface area contributed by atoms with E-state index in [0.29, 0.717) is 16.9 Å². The van der Waals surface area contributed by atoms with Gasteiger partial charge in [-0.1, -0.05) is 11.6 Å². The fourth-order valence-corrected chi connectivity index (χ4v) is 1.74. The van der Waals surface area contributed by atoms with E-state index in [9.17, 15) is 9.59 Å². The fraction of sp³-hybridized carbons (Fsp3) is 0.231. The minimum atomic E-state index is -0.600. The number of aryl methyl sites for hydroxylation is 1. The van der Waals surface area contributed by atoms with Gasteiger partial charge in [-0.2, -0.15) is 0 Å². The van der Waals surface area contributed by atoms with Crippen LogP contribution in [0.3, 0.4) is 0 Å². The lowest BCUT2D eigenvalue weighted by atomic mass is 10.1. The molecular weight excluding hydrogens is 272 g/mol. The van der Waals surface area contributed by atoms with Gasteiger partial charge in [0.05, 0.1) is 7.11 Å². The molecule has 1 aromatic carbocycles. The zero-order valence-electron chi connectivity index (χ0n) is 10.4. The predicted octanol–water partition coefficient (Wildman–Crippen LogP) is 2.31. The van der Waals surface area contributed by atoms with Crippen LogP contribution in [0.4, 0.5) is 0 Å². The Morgan fingerprint density at radius 2 is 2.16 bits per heavy atom. The van der Waals surface area contributed by atoms with E-state index in [0.717, 1.165) is 5.39 Å². The molecule has 0 bridgehead atoms. The van der Waals surface area contributed by atoms with Gasteiger partial charge in [-0.25, -0.2) is 9.59 Å². The summed E-state index contributed by atoms with van der Waals surface area (Å²) < 4.78 is 14.7. The summed E-state index contributed by atoms with van der Waals surface area (Å²) >= 11 is 5.82. The Labute approximate surface area is 113 Å². The second-order valence-electron chi connectivity index (χ2n) is 3.85. The largest absolute Gasteiger partial charge is 0.482 e. The molecule has 19 heavy (non-hydrogen) atoms. The Kier molecular flexibility index (Phi) is 3.76. The number of carbonyl (C=O) groups is 1. The number of esters is 1. The van der Waals surface area contributed by atoms with Crippen LogP contribution in [0.25, 0.3) is 11.0 Å². The molecule has 0 saturated heterocycles. The highest BCUT2D eigenvalue weighted by Gasteiger charge is 2.10. The van der Waals surface area contributed by atoms with Gasteiger partial charge >= 0.3 is 11.6 Å². The first-order chi connectivity index (χ1) is 9.02. The van der Waals surface area contributed by atoms with Crippen molar-refractivity contribution in [1.82, 2.24) is 0 Å². The van der Waals surface area contributed by atoms with E-state index in [1.807, 2.05) is 0 Å². The van der Waals surface area contributed by atoms with E-state index in [4.69, 9.17) is 20.8 Å². The third-order valence-electron chi connectivity index (χ3n) is 2.65. The molecule has 0 fully saturated rings. The molecule has 0 radical (unpaired) electrons. The van der Waals surface area contributed by atoms with Crippen LogP contribution in [0.5, 0.6) is 5.75 Å². The molecule has 1 heterocycles. The molecule has 0 spiro atoms. The standard InChI is InChI=1S/C13H11ClO5/c1-7-9-4-3-8(18-6-11(15)17-2)5-10(9)19-13(16)12(7)14/h3-5H,6H2,1-2H3. The second kappa shape index (κ2) is 5.32. The van der Waals surface area contributed by atoms with Crippen molar-refractivity contribution in [3.63, 3.8) is 0 Å². The molecule has 0 N–H and O–H groups in total. The highest BCUT2D eigenvalue weighted by molar-refractivity contribution is 6.31. The van der Waals surface area contributed by atoms with Gasteiger partial charge in [0.1, 0.15) is 16.4 Å². The number of hydrogen-bond donors (Lipinski definition) is 0. The molecule has 0 saturated carbocycles. The fourth-order valence-electron chi connectivity index (χ4n) is 1.60. The lowest BCUT2D eigenvalue weighted by Crippen LogP contribution is -2.12. The molecule has 0 aliphatic rings. The number of ether oxygens (including phenoxy) is 2. The van der Waals surface area contributed by atoms with Gasteiger partial charge in [-0.05, 0) is 24.6 Å². The summed E-state index contributed by atoms with van der Waals surface area (Å²) in [6.07, 6.45) is 0. The second-order valence-corrected chi connectivity index (χ2v) is 4.23. The SMILES string of the molecule is COC(=O)COc1ccc2c(C)c(Cl)c(=O)oc2c1. The van der Waals surface area contributed by atoms with Crippen LogP contribution in [-0.4, -0.2) is 19.7 Å². The summed E-state index contributed by atoms with van der Waals surface area (Å²) in [5, 5.41) is 0.783. The van der Waals surface area contributed by atoms with Gasteiger partial charge in [0.2, 0.25) is 0 Å². The predicted molar refractivity (Wildman–Crippen MR) is 69.7 cm³/mol. The van der Waals surface area contributed by atoms with Crippen LogP contribution in [0.2, 0.25) is 5.02 Å². The molecule has 2 aromatic rings. The van der Waals surface area contributed by atoms with E-state index in [2.05, 4.69) is 4.74 Å². The Hall–Kier alpha value is -2.01. The zero-order chi connectivity index (χ0) is 14.0. The monoisotopic (exact) mass is 282 g/mol. The summed E-state index contributed by atoms with van der Waals surface area (Å²) in [6.45, 7) is 1.52. The number of halogens is 1. The van der Waals surface area contributed by atoms with Gasteiger partial charge in [0, 0.05) is 11.5 Å². The molecule has 0 amide bonds. The van der Waals surface area contributed by atoms with Gasteiger partial charge in [-0.15, -0.1) is 0 Å². The number of methoxy groups -OCH3 is 1. The topological polar surface area (TPSA) is 65.7 Å². The van der Waals surface area contributed by atoms with E-state index < -0.39 is 11.6 Å². The summed E-state index contributed by atoms with van der Waals surface area (Å²) in [5.41, 5.74) is 0.401. The zero-order valence-corrected chi connectivity index (χ0v) is 11.1. The van der Waals surface area contributed by atoms with E-state index in [1.165, 1.54) is 13.2 Å². The van der Waals surface area contributed by atoms with E-state index in [-0.39, 0.29) is 11.6 Å². The highest BCUT2D eigenvalue weighted by atomic mass is 35.5. The van der Waals surface area contributed by atoms with Crippen LogP contribution in [0.1, 0.15) is 5.56 Å². The minimum absolute atomic E-state index is 0.0655. The Balaban J connectivity index is 2.38. The third kappa shape index (κ3) is 2.71. The number of hydrogen-bond acceptors (Lipinski definition) is 5. The molecule has 2 rings (SSSR count). The van der Waals surface area contributed by atoms with Crippen LogP contribution in [0.15, 0.2) is 27.4 Å². The minimum Gasteiger partial charge on any atom is -0.482 e. The summed E-state index contributed by atoms with van der Waals surface area (Å²) in [7, 11) is 1.27. The van der Waals surface area contributed by atoms with Crippen molar-refractivity contribution >= 4 is 28.5 Å². The number of rotatable bonds is 3. The first kappa shape index (κ1) is 13.4. The third-order valence-corrected chi connectivity index (χ3v) is 3.09. The quantitative estimate of drug-likeness (QED) is 0.638. The molecule has 0 aliphatic heterocycles. The van der Waals surface area contributed by atoms with Gasteiger partial charge in [0.25, 0.3) is 0 Å². The summed E-state index contributed by atoms with van der Waals surface area (Å²) in [4.78, 5) is 22.4. The number of carbonyl (C=O) groups excluding carboxylic acids is 1. The van der Waals surface area contributed by atoms with Crippen molar-refractivity contribution in [3.8, 4) is 5.75 Å². The van der Waals surface area contributed by atoms with E-state index in [1.54, 1.807) is 19.1 Å². The molecule has 6 heteroatoms. The molecular formula is C13H11ClO5. The van der Waals surface area contributed by atoms with Crippen LogP contribution in [-0.2, 0) is 9.53 Å². The average molecular weight is 283 g/mol. The Morgan fingerprint density at radius 3 is 2.84 bits per heavy atom. The van der Waals surface area contributed by atoms with Crippen molar-refractivity contribution in [1.29, 1.82) is 0 Å². The molecule has 0 unspecified atom stereocenters. The van der Waals surface area contributed by atoms with Gasteiger partial charge < -0.3 is 13.9 Å². The molecule has 100 valence electrons. The number of benzene rings is 1.